The summed E-state index contributed by atoms with van der Waals surface area (Å²) in [5, 5.41) is 0. The summed E-state index contributed by atoms with van der Waals surface area (Å²) in [6, 6.07) is 0.958. The van der Waals surface area contributed by atoms with E-state index in [2.05, 4.69) is 11.8 Å². The summed E-state index contributed by atoms with van der Waals surface area (Å²) in [5.41, 5.74) is 5.83. The largest absolute Gasteiger partial charge is 0.383 e. The van der Waals surface area contributed by atoms with Crippen molar-refractivity contribution in [3.63, 3.8) is 0 Å². The van der Waals surface area contributed by atoms with Crippen molar-refractivity contribution in [2.75, 3.05) is 26.8 Å². The predicted molar refractivity (Wildman–Crippen MR) is 50.1 cm³/mol. The van der Waals surface area contributed by atoms with Crippen molar-refractivity contribution >= 4 is 0 Å². The number of methoxy groups -OCH3 is 1. The predicted octanol–water partition coefficient (Wildman–Crippen LogP) is 0.444. The van der Waals surface area contributed by atoms with E-state index in [-0.39, 0.29) is 0 Å². The molecule has 1 saturated heterocycles. The van der Waals surface area contributed by atoms with Crippen LogP contribution in [0.2, 0.25) is 0 Å². The maximum absolute atomic E-state index is 5.83. The lowest BCUT2D eigenvalue weighted by molar-refractivity contribution is 0.102. The zero-order chi connectivity index (χ0) is 8.97. The molecule has 0 radical (unpaired) electrons. The molecule has 72 valence electrons. The van der Waals surface area contributed by atoms with Gasteiger partial charge in [-0.3, -0.25) is 4.90 Å². The van der Waals surface area contributed by atoms with Gasteiger partial charge in [-0.1, -0.05) is 6.92 Å². The van der Waals surface area contributed by atoms with E-state index in [4.69, 9.17) is 10.5 Å². The summed E-state index contributed by atoms with van der Waals surface area (Å²) in [5.74, 6) is 0. The van der Waals surface area contributed by atoms with E-state index >= 15 is 0 Å². The third-order valence-electron chi connectivity index (χ3n) is 2.60. The van der Waals surface area contributed by atoms with E-state index < -0.39 is 0 Å². The van der Waals surface area contributed by atoms with Crippen molar-refractivity contribution in [2.24, 2.45) is 5.73 Å². The van der Waals surface area contributed by atoms with Gasteiger partial charge in [-0.2, -0.15) is 0 Å². The van der Waals surface area contributed by atoms with E-state index in [0.29, 0.717) is 12.1 Å². The van der Waals surface area contributed by atoms with Crippen LogP contribution in [0, 0.1) is 0 Å². The third kappa shape index (κ3) is 2.44. The van der Waals surface area contributed by atoms with Crippen molar-refractivity contribution < 1.29 is 4.74 Å². The van der Waals surface area contributed by atoms with E-state index in [9.17, 15) is 0 Å². The minimum absolute atomic E-state index is 0.385. The van der Waals surface area contributed by atoms with Crippen molar-refractivity contribution in [1.82, 2.24) is 4.90 Å². The lowest BCUT2D eigenvalue weighted by atomic mass is 10.2. The Morgan fingerprint density at radius 1 is 1.67 bits per heavy atom. The zero-order valence-corrected chi connectivity index (χ0v) is 8.12. The van der Waals surface area contributed by atoms with Crippen molar-refractivity contribution in [3.05, 3.63) is 0 Å². The van der Waals surface area contributed by atoms with Crippen LogP contribution in [0.4, 0.5) is 0 Å². The highest BCUT2D eigenvalue weighted by molar-refractivity contribution is 4.82. The Kier molecular flexibility index (Phi) is 3.98. The standard InChI is InChI=1S/C9H20N2O/c1-3-9(7-12-2)11-5-4-8(10)6-11/h8-9H,3-7,10H2,1-2H3. The first-order chi connectivity index (χ1) is 5.77. The van der Waals surface area contributed by atoms with Crippen LogP contribution in [0.3, 0.4) is 0 Å². The summed E-state index contributed by atoms with van der Waals surface area (Å²) in [4.78, 5) is 2.44. The van der Waals surface area contributed by atoms with Crippen molar-refractivity contribution in [3.8, 4) is 0 Å². The Morgan fingerprint density at radius 3 is 2.83 bits per heavy atom. The SMILES string of the molecule is CCC(COC)N1CCC(N)C1. The van der Waals surface area contributed by atoms with E-state index in [0.717, 1.165) is 32.5 Å². The molecule has 3 nitrogen and oxygen atoms in total. The van der Waals surface area contributed by atoms with Gasteiger partial charge in [-0.05, 0) is 12.8 Å². The van der Waals surface area contributed by atoms with Gasteiger partial charge in [0.05, 0.1) is 6.61 Å². The van der Waals surface area contributed by atoms with Crippen molar-refractivity contribution in [1.29, 1.82) is 0 Å². The van der Waals surface area contributed by atoms with Crippen LogP contribution in [0.25, 0.3) is 0 Å². The molecule has 0 aromatic rings. The number of nitrogens with zero attached hydrogens (tertiary/aromatic N) is 1. The number of hydrogen-bond donors (Lipinski definition) is 1. The van der Waals surface area contributed by atoms with Crippen LogP contribution in [0.15, 0.2) is 0 Å². The molecular weight excluding hydrogens is 152 g/mol. The van der Waals surface area contributed by atoms with Gasteiger partial charge in [0, 0.05) is 32.3 Å². The van der Waals surface area contributed by atoms with E-state index in [1.165, 1.54) is 0 Å². The number of hydrogen-bond acceptors (Lipinski definition) is 3. The van der Waals surface area contributed by atoms with Gasteiger partial charge in [0.25, 0.3) is 0 Å². The van der Waals surface area contributed by atoms with Crippen LogP contribution >= 0.6 is 0 Å². The number of ether oxygens (including phenoxy) is 1. The minimum atomic E-state index is 0.385. The van der Waals surface area contributed by atoms with Gasteiger partial charge in [-0.15, -0.1) is 0 Å². The molecule has 1 rings (SSSR count). The fourth-order valence-corrected chi connectivity index (χ4v) is 1.82. The fraction of sp³-hybridized carbons (Fsp3) is 1.00. The molecule has 1 fully saturated rings. The van der Waals surface area contributed by atoms with Gasteiger partial charge < -0.3 is 10.5 Å². The second-order valence-electron chi connectivity index (χ2n) is 3.56. The molecule has 0 saturated carbocycles. The van der Waals surface area contributed by atoms with E-state index in [1.54, 1.807) is 7.11 Å². The van der Waals surface area contributed by atoms with Gasteiger partial charge in [0.15, 0.2) is 0 Å². The van der Waals surface area contributed by atoms with Crippen LogP contribution in [0.1, 0.15) is 19.8 Å². The normalized spacial score (nSPS) is 27.8. The highest BCUT2D eigenvalue weighted by Gasteiger charge is 2.24. The summed E-state index contributed by atoms with van der Waals surface area (Å²) in [7, 11) is 1.76. The molecule has 0 aromatic heterocycles. The molecule has 3 heteroatoms. The quantitative estimate of drug-likeness (QED) is 0.669. The fourth-order valence-electron chi connectivity index (χ4n) is 1.82. The van der Waals surface area contributed by atoms with Crippen LogP contribution in [-0.4, -0.2) is 43.8 Å². The molecule has 1 aliphatic rings. The van der Waals surface area contributed by atoms with Gasteiger partial charge in [0.1, 0.15) is 0 Å². The maximum Gasteiger partial charge on any atom is 0.0617 e. The molecule has 12 heavy (non-hydrogen) atoms. The molecule has 0 aromatic carbocycles. The summed E-state index contributed by atoms with van der Waals surface area (Å²) in [6.45, 7) is 5.22. The smallest absolute Gasteiger partial charge is 0.0617 e. The molecule has 1 aliphatic heterocycles. The molecule has 0 aliphatic carbocycles. The lowest BCUT2D eigenvalue weighted by Crippen LogP contribution is -2.38. The number of likely N-dealkylation sites (tertiary alicyclic amines) is 1. The average molecular weight is 172 g/mol. The summed E-state index contributed by atoms with van der Waals surface area (Å²) >= 11 is 0. The second kappa shape index (κ2) is 4.80. The number of rotatable bonds is 4. The Hall–Kier alpha value is -0.120. The molecule has 2 unspecified atom stereocenters. The van der Waals surface area contributed by atoms with Crippen molar-refractivity contribution in [2.45, 2.75) is 31.8 Å². The molecule has 2 atom stereocenters. The van der Waals surface area contributed by atoms with Crippen LogP contribution in [0.5, 0.6) is 0 Å². The summed E-state index contributed by atoms with van der Waals surface area (Å²) < 4.78 is 5.16. The Morgan fingerprint density at radius 2 is 2.42 bits per heavy atom. The second-order valence-corrected chi connectivity index (χ2v) is 3.56. The first kappa shape index (κ1) is 9.96. The molecule has 0 amide bonds. The highest BCUT2D eigenvalue weighted by Crippen LogP contribution is 2.13. The Balaban J connectivity index is 2.33. The molecule has 1 heterocycles. The van der Waals surface area contributed by atoms with Gasteiger partial charge >= 0.3 is 0 Å². The Bertz CT molecular complexity index is 128. The maximum atomic E-state index is 5.83. The first-order valence-electron chi connectivity index (χ1n) is 4.76. The summed E-state index contributed by atoms with van der Waals surface area (Å²) in [6.07, 6.45) is 2.29. The monoisotopic (exact) mass is 172 g/mol. The molecule has 0 spiro atoms. The lowest BCUT2D eigenvalue weighted by Gasteiger charge is -2.25. The topological polar surface area (TPSA) is 38.5 Å². The Labute approximate surface area is 74.9 Å². The number of nitrogens with two attached hydrogens (primary N) is 1. The molecule has 2 N–H and O–H groups in total. The molecule has 0 bridgehead atoms. The van der Waals surface area contributed by atoms with E-state index in [1.807, 2.05) is 0 Å². The first-order valence-corrected chi connectivity index (χ1v) is 4.76. The zero-order valence-electron chi connectivity index (χ0n) is 8.12. The highest BCUT2D eigenvalue weighted by atomic mass is 16.5. The van der Waals surface area contributed by atoms with Gasteiger partial charge in [-0.25, -0.2) is 0 Å². The van der Waals surface area contributed by atoms with Gasteiger partial charge in [0.2, 0.25) is 0 Å². The average Bonchev–Trinajstić information content (AvgIpc) is 2.47. The molecular formula is C9H20N2O. The van der Waals surface area contributed by atoms with Crippen LogP contribution < -0.4 is 5.73 Å². The van der Waals surface area contributed by atoms with Crippen LogP contribution in [-0.2, 0) is 4.74 Å². The third-order valence-corrected chi connectivity index (χ3v) is 2.60. The minimum Gasteiger partial charge on any atom is -0.383 e.